The smallest absolute Gasteiger partial charge is 0.140 e. The van der Waals surface area contributed by atoms with Crippen LogP contribution in [0.5, 0.6) is 0 Å². The highest BCUT2D eigenvalue weighted by molar-refractivity contribution is 4.84. The van der Waals surface area contributed by atoms with Crippen LogP contribution >= 0.6 is 0 Å². The molecule has 6 nitrogen and oxygen atoms in total. The van der Waals surface area contributed by atoms with Gasteiger partial charge in [0.2, 0.25) is 0 Å². The van der Waals surface area contributed by atoms with Crippen molar-refractivity contribution in [1.82, 2.24) is 24.6 Å². The van der Waals surface area contributed by atoms with E-state index in [0.29, 0.717) is 0 Å². The minimum Gasteiger partial charge on any atom is -0.395 e. The van der Waals surface area contributed by atoms with Crippen LogP contribution in [0.25, 0.3) is 0 Å². The highest BCUT2D eigenvalue weighted by atomic mass is 16.3. The molecule has 1 aromatic rings. The number of hydrogen-bond acceptors (Lipinski definition) is 5. The summed E-state index contributed by atoms with van der Waals surface area (Å²) in [7, 11) is 1.93. The first-order valence-electron chi connectivity index (χ1n) is 6.18. The second-order valence-electron chi connectivity index (χ2n) is 4.49. The molecule has 96 valence electrons. The molecule has 1 aromatic heterocycles. The molecule has 0 aromatic carbocycles. The zero-order valence-corrected chi connectivity index (χ0v) is 10.4. The van der Waals surface area contributed by atoms with Crippen molar-refractivity contribution in [3.05, 3.63) is 12.2 Å². The average Bonchev–Trinajstić information content (AvgIpc) is 2.59. The van der Waals surface area contributed by atoms with Crippen molar-refractivity contribution < 1.29 is 5.11 Å². The van der Waals surface area contributed by atoms with Crippen LogP contribution in [0.4, 0.5) is 0 Å². The van der Waals surface area contributed by atoms with Crippen LogP contribution < -0.4 is 0 Å². The van der Waals surface area contributed by atoms with E-state index in [0.717, 1.165) is 51.5 Å². The van der Waals surface area contributed by atoms with Gasteiger partial charge in [0.05, 0.1) is 13.2 Å². The van der Waals surface area contributed by atoms with Crippen molar-refractivity contribution in [2.75, 3.05) is 39.3 Å². The van der Waals surface area contributed by atoms with E-state index in [9.17, 15) is 0 Å². The summed E-state index contributed by atoms with van der Waals surface area (Å²) < 4.78 is 1.83. The first-order valence-corrected chi connectivity index (χ1v) is 6.18. The first-order chi connectivity index (χ1) is 8.29. The standard InChI is InChI=1S/C11H21N5O/c1-14-11(12-10-13-14)9-16-4-2-3-15(5-6-16)7-8-17/h10,17H,2-9H2,1H3. The van der Waals surface area contributed by atoms with Crippen LogP contribution in [0.15, 0.2) is 6.33 Å². The molecule has 1 aliphatic heterocycles. The lowest BCUT2D eigenvalue weighted by molar-refractivity contribution is 0.195. The summed E-state index contributed by atoms with van der Waals surface area (Å²) in [6, 6.07) is 0. The molecular weight excluding hydrogens is 218 g/mol. The van der Waals surface area contributed by atoms with E-state index in [1.54, 1.807) is 6.33 Å². The molecule has 2 heterocycles. The molecule has 0 radical (unpaired) electrons. The van der Waals surface area contributed by atoms with Gasteiger partial charge in [-0.2, -0.15) is 5.10 Å². The Hall–Kier alpha value is -0.980. The van der Waals surface area contributed by atoms with Crippen molar-refractivity contribution in [2.45, 2.75) is 13.0 Å². The predicted molar refractivity (Wildman–Crippen MR) is 64.4 cm³/mol. The quantitative estimate of drug-likeness (QED) is 0.754. The van der Waals surface area contributed by atoms with E-state index in [1.165, 1.54) is 0 Å². The second-order valence-corrected chi connectivity index (χ2v) is 4.49. The maximum atomic E-state index is 8.94. The lowest BCUT2D eigenvalue weighted by Crippen LogP contribution is -2.32. The van der Waals surface area contributed by atoms with Gasteiger partial charge in [-0.25, -0.2) is 4.98 Å². The number of hydrogen-bond donors (Lipinski definition) is 1. The summed E-state index contributed by atoms with van der Waals surface area (Å²) in [6.45, 7) is 6.14. The van der Waals surface area contributed by atoms with Crippen LogP contribution in [-0.4, -0.2) is 69.0 Å². The van der Waals surface area contributed by atoms with Gasteiger partial charge >= 0.3 is 0 Å². The van der Waals surface area contributed by atoms with Crippen molar-refractivity contribution in [1.29, 1.82) is 0 Å². The highest BCUT2D eigenvalue weighted by Crippen LogP contribution is 2.06. The molecule has 0 aliphatic carbocycles. The second kappa shape index (κ2) is 6.09. The fourth-order valence-corrected chi connectivity index (χ4v) is 2.21. The summed E-state index contributed by atoms with van der Waals surface area (Å²) in [4.78, 5) is 8.97. The molecule has 0 amide bonds. The van der Waals surface area contributed by atoms with E-state index >= 15 is 0 Å². The van der Waals surface area contributed by atoms with Crippen LogP contribution in [0.1, 0.15) is 12.2 Å². The van der Waals surface area contributed by atoms with E-state index in [2.05, 4.69) is 19.9 Å². The van der Waals surface area contributed by atoms with Gasteiger partial charge in [0.25, 0.3) is 0 Å². The van der Waals surface area contributed by atoms with Crippen molar-refractivity contribution >= 4 is 0 Å². The first kappa shape index (κ1) is 12.5. The number of aryl methyl sites for hydroxylation is 1. The number of aliphatic hydroxyl groups excluding tert-OH is 1. The van der Waals surface area contributed by atoms with E-state index in [4.69, 9.17) is 5.11 Å². The largest absolute Gasteiger partial charge is 0.395 e. The maximum absolute atomic E-state index is 8.94. The molecule has 0 saturated carbocycles. The van der Waals surface area contributed by atoms with Crippen LogP contribution in [0, 0.1) is 0 Å². The molecule has 0 unspecified atom stereocenters. The lowest BCUT2D eigenvalue weighted by atomic mass is 10.3. The summed E-state index contributed by atoms with van der Waals surface area (Å²) in [5, 5.41) is 13.0. The third-order valence-electron chi connectivity index (χ3n) is 3.27. The molecule has 1 aliphatic rings. The van der Waals surface area contributed by atoms with Gasteiger partial charge in [0.1, 0.15) is 12.2 Å². The Morgan fingerprint density at radius 2 is 2.00 bits per heavy atom. The van der Waals surface area contributed by atoms with E-state index in [1.807, 2.05) is 11.7 Å². The molecule has 6 heteroatoms. The van der Waals surface area contributed by atoms with Gasteiger partial charge < -0.3 is 5.11 Å². The van der Waals surface area contributed by atoms with Crippen molar-refractivity contribution in [2.24, 2.45) is 7.05 Å². The van der Waals surface area contributed by atoms with Crippen LogP contribution in [-0.2, 0) is 13.6 Å². The lowest BCUT2D eigenvalue weighted by Gasteiger charge is -2.20. The molecule has 1 saturated heterocycles. The summed E-state index contributed by atoms with van der Waals surface area (Å²) in [5.74, 6) is 1.01. The summed E-state index contributed by atoms with van der Waals surface area (Å²) >= 11 is 0. The molecule has 1 fully saturated rings. The predicted octanol–water partition coefficient (Wildman–Crippen LogP) is -0.685. The number of nitrogens with zero attached hydrogens (tertiary/aromatic N) is 5. The minimum atomic E-state index is 0.253. The van der Waals surface area contributed by atoms with Crippen LogP contribution in [0.3, 0.4) is 0 Å². The molecule has 1 N–H and O–H groups in total. The van der Waals surface area contributed by atoms with E-state index in [-0.39, 0.29) is 6.61 Å². The third-order valence-corrected chi connectivity index (χ3v) is 3.27. The monoisotopic (exact) mass is 239 g/mol. The Labute approximate surface area is 102 Å². The Kier molecular flexibility index (Phi) is 4.47. The number of rotatable bonds is 4. The Morgan fingerprint density at radius 3 is 2.71 bits per heavy atom. The fourth-order valence-electron chi connectivity index (χ4n) is 2.21. The van der Waals surface area contributed by atoms with Gasteiger partial charge in [-0.05, 0) is 19.5 Å². The van der Waals surface area contributed by atoms with Crippen LogP contribution in [0.2, 0.25) is 0 Å². The van der Waals surface area contributed by atoms with Gasteiger partial charge in [0, 0.05) is 26.7 Å². The zero-order valence-electron chi connectivity index (χ0n) is 10.4. The number of aromatic nitrogens is 3. The molecule has 2 rings (SSSR count). The van der Waals surface area contributed by atoms with E-state index < -0.39 is 0 Å². The van der Waals surface area contributed by atoms with Gasteiger partial charge in [0.15, 0.2) is 0 Å². The Bertz CT molecular complexity index is 340. The maximum Gasteiger partial charge on any atom is 0.140 e. The minimum absolute atomic E-state index is 0.253. The van der Waals surface area contributed by atoms with Gasteiger partial charge in [-0.15, -0.1) is 0 Å². The molecule has 17 heavy (non-hydrogen) atoms. The molecule has 0 atom stereocenters. The number of aliphatic hydroxyl groups is 1. The topological polar surface area (TPSA) is 57.4 Å². The summed E-state index contributed by atoms with van der Waals surface area (Å²) in [5.41, 5.74) is 0. The fraction of sp³-hybridized carbons (Fsp3) is 0.818. The molecule has 0 bridgehead atoms. The Morgan fingerprint density at radius 1 is 1.24 bits per heavy atom. The molecule has 0 spiro atoms. The van der Waals surface area contributed by atoms with Gasteiger partial charge in [-0.3, -0.25) is 14.5 Å². The van der Waals surface area contributed by atoms with Crippen molar-refractivity contribution in [3.63, 3.8) is 0 Å². The average molecular weight is 239 g/mol. The third kappa shape index (κ3) is 3.49. The number of β-amino-alcohol motifs (C(OH)–C–C–N with tert-alkyl or cyclic N) is 1. The van der Waals surface area contributed by atoms with Gasteiger partial charge in [-0.1, -0.05) is 0 Å². The van der Waals surface area contributed by atoms with Crippen molar-refractivity contribution in [3.8, 4) is 0 Å². The summed E-state index contributed by atoms with van der Waals surface area (Å²) in [6.07, 6.45) is 2.75. The molecular formula is C11H21N5O. The Balaban J connectivity index is 1.85. The normalized spacial score (nSPS) is 19.4. The SMILES string of the molecule is Cn1ncnc1CN1CCCN(CCO)CC1. The highest BCUT2D eigenvalue weighted by Gasteiger charge is 2.15. The zero-order chi connectivity index (χ0) is 12.1.